The van der Waals surface area contributed by atoms with Gasteiger partial charge in [-0.05, 0) is 13.3 Å². The quantitative estimate of drug-likeness (QED) is 0.128. The lowest BCUT2D eigenvalue weighted by molar-refractivity contribution is -0.140. The molecule has 0 saturated carbocycles. The second kappa shape index (κ2) is 16.9. The molecule has 0 spiro atoms. The van der Waals surface area contributed by atoms with Gasteiger partial charge in [0, 0.05) is 65.3 Å². The van der Waals surface area contributed by atoms with E-state index in [1.807, 2.05) is 0 Å². The predicted molar refractivity (Wildman–Crippen MR) is 129 cm³/mol. The maximum absolute atomic E-state index is 12.7. The predicted octanol–water partition coefficient (Wildman–Crippen LogP) is -3.37. The third-order valence-electron chi connectivity index (χ3n) is 5.91. The van der Waals surface area contributed by atoms with E-state index >= 15 is 0 Å². The van der Waals surface area contributed by atoms with Gasteiger partial charge in [0.15, 0.2) is 12.1 Å². The van der Waals surface area contributed by atoms with Gasteiger partial charge < -0.3 is 30.8 Å². The molecule has 37 heavy (non-hydrogen) atoms. The lowest BCUT2D eigenvalue weighted by Crippen LogP contribution is -2.51. The highest BCUT2D eigenvalue weighted by Gasteiger charge is 2.23. The van der Waals surface area contributed by atoms with E-state index in [0.29, 0.717) is 26.2 Å². The first-order chi connectivity index (χ1) is 17.3. The molecule has 1 atom stereocenters. The zero-order chi connectivity index (χ0) is 28.0. The summed E-state index contributed by atoms with van der Waals surface area (Å²) in [6.07, 6.45) is -1.94. The van der Waals surface area contributed by atoms with Crippen molar-refractivity contribution in [2.45, 2.75) is 32.1 Å². The summed E-state index contributed by atoms with van der Waals surface area (Å²) in [5.41, 5.74) is 0. The number of amides is 1. The van der Waals surface area contributed by atoms with Gasteiger partial charge in [-0.2, -0.15) is 0 Å². The van der Waals surface area contributed by atoms with E-state index < -0.39 is 36.1 Å². The van der Waals surface area contributed by atoms with Gasteiger partial charge in [-0.25, -0.2) is 0 Å². The van der Waals surface area contributed by atoms with Crippen LogP contribution in [0.15, 0.2) is 0 Å². The van der Waals surface area contributed by atoms with Gasteiger partial charge >= 0.3 is 17.9 Å². The normalized spacial score (nSPS) is 18.5. The van der Waals surface area contributed by atoms with Gasteiger partial charge in [0.2, 0.25) is 5.91 Å². The molecule has 1 aliphatic heterocycles. The minimum absolute atomic E-state index is 0.0438. The lowest BCUT2D eigenvalue weighted by Gasteiger charge is -2.33. The molecule has 0 unspecified atom stereocenters. The monoisotopic (exact) mass is 533 g/mol. The summed E-state index contributed by atoms with van der Waals surface area (Å²) in [6.45, 7) is 2.80. The number of hydrogen-bond acceptors (Lipinski definition) is 11. The number of aliphatic carboxylic acids is 3. The van der Waals surface area contributed by atoms with Crippen LogP contribution in [0, 0.1) is 0 Å². The Bertz CT molecular complexity index is 781. The topological polar surface area (TPSA) is 211 Å². The Hall–Kier alpha value is -2.69. The minimum atomic E-state index is -1.62. The van der Waals surface area contributed by atoms with Crippen molar-refractivity contribution in [3.63, 3.8) is 0 Å². The Morgan fingerprint density at radius 1 is 0.676 bits per heavy atom. The van der Waals surface area contributed by atoms with E-state index in [1.165, 1.54) is 6.92 Å². The van der Waals surface area contributed by atoms with Gasteiger partial charge in [-0.15, -0.1) is 0 Å². The number of nitrogens with zero attached hydrogens (tertiary/aromatic N) is 4. The molecule has 0 aromatic carbocycles. The second-order valence-electron chi connectivity index (χ2n) is 9.06. The summed E-state index contributed by atoms with van der Waals surface area (Å²) in [7, 11) is 0. The van der Waals surface area contributed by atoms with Crippen molar-refractivity contribution in [2.75, 3.05) is 78.5 Å². The Morgan fingerprint density at radius 2 is 1.08 bits per heavy atom. The molecule has 0 aliphatic carbocycles. The Kier molecular flexibility index (Phi) is 14.8. The van der Waals surface area contributed by atoms with Gasteiger partial charge in [0.25, 0.3) is 0 Å². The number of nitrogens with one attached hydrogen (secondary N) is 1. The van der Waals surface area contributed by atoms with Crippen LogP contribution in [0.4, 0.5) is 0 Å². The van der Waals surface area contributed by atoms with Crippen LogP contribution in [0.3, 0.4) is 0 Å². The SMILES string of the molecule is CC(=O)[C@H](CCC(=O)O)NC(=O)CN1CCN(CC(=O)O)CCN(CC(=O)O)CCN(CC(O)O)CC1. The van der Waals surface area contributed by atoms with Crippen LogP contribution in [0.25, 0.3) is 0 Å². The number of aliphatic hydroxyl groups is 2. The van der Waals surface area contributed by atoms with E-state index in [0.717, 1.165) is 0 Å². The van der Waals surface area contributed by atoms with Crippen LogP contribution in [-0.2, 0) is 24.0 Å². The molecule has 1 heterocycles. The molecule has 0 aromatic heterocycles. The molecule has 1 rings (SSSR count). The highest BCUT2D eigenvalue weighted by Crippen LogP contribution is 2.03. The van der Waals surface area contributed by atoms with Crippen molar-refractivity contribution < 1.29 is 49.5 Å². The first kappa shape index (κ1) is 32.3. The molecule has 1 fully saturated rings. The first-order valence-electron chi connectivity index (χ1n) is 12.1. The summed E-state index contributed by atoms with van der Waals surface area (Å²) in [6, 6.07) is -0.944. The van der Waals surface area contributed by atoms with Crippen LogP contribution in [-0.4, -0.2) is 166 Å². The standard InChI is InChI=1S/C22H39N5O10/c1-16(28)17(2-3-19(30)31)23-18(29)12-24-4-6-25(13-20(32)33)8-10-27(15-22(36)37)11-9-26(7-5-24)14-21(34)35/h17,20,32-33H,2-15H2,1H3,(H,23,29)(H,30,31)(H,34,35)(H,36,37)/t17-/m0/s1. The van der Waals surface area contributed by atoms with E-state index in [1.54, 1.807) is 19.6 Å². The number of hydrogen-bond donors (Lipinski definition) is 6. The van der Waals surface area contributed by atoms with E-state index in [4.69, 9.17) is 5.11 Å². The number of rotatable bonds is 13. The van der Waals surface area contributed by atoms with Crippen molar-refractivity contribution in [3.8, 4) is 0 Å². The van der Waals surface area contributed by atoms with Crippen molar-refractivity contribution in [1.29, 1.82) is 0 Å². The van der Waals surface area contributed by atoms with Crippen LogP contribution in [0.1, 0.15) is 19.8 Å². The van der Waals surface area contributed by atoms with Crippen LogP contribution < -0.4 is 5.32 Å². The molecule has 15 heteroatoms. The van der Waals surface area contributed by atoms with Crippen molar-refractivity contribution in [2.24, 2.45) is 0 Å². The van der Waals surface area contributed by atoms with E-state index in [2.05, 4.69) is 5.32 Å². The zero-order valence-electron chi connectivity index (χ0n) is 21.1. The fourth-order valence-corrected chi connectivity index (χ4v) is 3.94. The molecule has 1 aliphatic rings. The fourth-order valence-electron chi connectivity index (χ4n) is 3.94. The number of carboxylic acids is 3. The molecule has 15 nitrogen and oxygen atoms in total. The Morgan fingerprint density at radius 3 is 1.43 bits per heavy atom. The Balaban J connectivity index is 2.97. The average molecular weight is 534 g/mol. The molecule has 212 valence electrons. The summed E-state index contributed by atoms with van der Waals surface area (Å²) >= 11 is 0. The summed E-state index contributed by atoms with van der Waals surface area (Å²) < 4.78 is 0. The van der Waals surface area contributed by atoms with Gasteiger partial charge in [-0.3, -0.25) is 43.6 Å². The molecule has 6 N–H and O–H groups in total. The Labute approximate surface area is 215 Å². The van der Waals surface area contributed by atoms with Crippen molar-refractivity contribution in [3.05, 3.63) is 0 Å². The molecule has 1 saturated heterocycles. The molecule has 1 amide bonds. The number of carboxylic acid groups (broad SMARTS) is 3. The molecule has 0 radical (unpaired) electrons. The second-order valence-corrected chi connectivity index (χ2v) is 9.06. The average Bonchev–Trinajstić information content (AvgIpc) is 2.77. The number of carbonyl (C=O) groups is 5. The molecular formula is C22H39N5O10. The van der Waals surface area contributed by atoms with Crippen molar-refractivity contribution in [1.82, 2.24) is 24.9 Å². The van der Waals surface area contributed by atoms with Crippen LogP contribution in [0.5, 0.6) is 0 Å². The van der Waals surface area contributed by atoms with Crippen LogP contribution in [0.2, 0.25) is 0 Å². The number of carbonyl (C=O) groups excluding carboxylic acids is 2. The fraction of sp³-hybridized carbons (Fsp3) is 0.773. The lowest BCUT2D eigenvalue weighted by atomic mass is 10.1. The van der Waals surface area contributed by atoms with Crippen molar-refractivity contribution >= 4 is 29.6 Å². The van der Waals surface area contributed by atoms with E-state index in [9.17, 15) is 44.4 Å². The molecule has 0 aromatic rings. The number of β-amino-alcohol motifs (C(OH)–C–C–N with tert-alkyl or cyclic N) is 2. The van der Waals surface area contributed by atoms with Gasteiger partial charge in [0.05, 0.1) is 25.7 Å². The third-order valence-corrected chi connectivity index (χ3v) is 5.91. The number of ketones is 1. The summed E-state index contributed by atoms with van der Waals surface area (Å²) in [5.74, 6) is -4.04. The van der Waals surface area contributed by atoms with Crippen LogP contribution >= 0.6 is 0 Å². The first-order valence-corrected chi connectivity index (χ1v) is 12.1. The largest absolute Gasteiger partial charge is 0.481 e. The maximum atomic E-state index is 12.7. The zero-order valence-corrected chi connectivity index (χ0v) is 21.1. The number of Topliss-reactive ketones (excluding diaryl/α,β-unsaturated/α-hetero) is 1. The maximum Gasteiger partial charge on any atom is 0.317 e. The number of aliphatic hydroxyl groups excluding tert-OH is 1. The highest BCUT2D eigenvalue weighted by atomic mass is 16.5. The highest BCUT2D eigenvalue weighted by molar-refractivity contribution is 5.88. The van der Waals surface area contributed by atoms with Gasteiger partial charge in [0.1, 0.15) is 0 Å². The van der Waals surface area contributed by atoms with Gasteiger partial charge in [-0.1, -0.05) is 0 Å². The van der Waals surface area contributed by atoms with E-state index in [-0.39, 0.29) is 71.0 Å². The summed E-state index contributed by atoms with van der Waals surface area (Å²) in [4.78, 5) is 64.8. The smallest absolute Gasteiger partial charge is 0.317 e. The summed E-state index contributed by atoms with van der Waals surface area (Å²) in [5, 5.41) is 48.9. The molecule has 0 bridgehead atoms. The third kappa shape index (κ3) is 15.2. The molecular weight excluding hydrogens is 494 g/mol. The minimum Gasteiger partial charge on any atom is -0.481 e.